The van der Waals surface area contributed by atoms with Gasteiger partial charge in [-0.25, -0.2) is 0 Å². The smallest absolute Gasteiger partial charge is 0.233 e. The maximum absolute atomic E-state index is 12.1. The Labute approximate surface area is 132 Å². The van der Waals surface area contributed by atoms with Gasteiger partial charge in [-0.05, 0) is 43.7 Å². The molecule has 2 N–H and O–H groups in total. The van der Waals surface area contributed by atoms with E-state index < -0.39 is 0 Å². The van der Waals surface area contributed by atoms with Crippen molar-refractivity contribution in [2.75, 3.05) is 32.8 Å². The second-order valence-corrected chi connectivity index (χ2v) is 6.61. The Morgan fingerprint density at radius 2 is 1.91 bits per heavy atom. The van der Waals surface area contributed by atoms with Crippen molar-refractivity contribution in [3.8, 4) is 0 Å². The lowest BCUT2D eigenvalue weighted by atomic mass is 9.74. The molecule has 22 heavy (non-hydrogen) atoms. The van der Waals surface area contributed by atoms with Crippen LogP contribution in [0.25, 0.3) is 0 Å². The lowest BCUT2D eigenvalue weighted by Crippen LogP contribution is -2.46. The van der Waals surface area contributed by atoms with Crippen molar-refractivity contribution in [2.24, 2.45) is 5.92 Å². The van der Waals surface area contributed by atoms with Crippen LogP contribution in [-0.2, 0) is 14.9 Å². The van der Waals surface area contributed by atoms with E-state index in [1.807, 2.05) is 6.07 Å². The molecule has 4 nitrogen and oxygen atoms in total. The van der Waals surface area contributed by atoms with Crippen molar-refractivity contribution in [1.82, 2.24) is 10.6 Å². The molecule has 2 fully saturated rings. The summed E-state index contributed by atoms with van der Waals surface area (Å²) in [6.07, 6.45) is 4.55. The third-order valence-corrected chi connectivity index (χ3v) is 4.88. The zero-order valence-electron chi connectivity index (χ0n) is 13.1. The fraction of sp³-hybridized carbons (Fsp3) is 0.611. The zero-order chi connectivity index (χ0) is 15.3. The summed E-state index contributed by atoms with van der Waals surface area (Å²) < 4.78 is 5.53. The summed E-state index contributed by atoms with van der Waals surface area (Å²) in [5.41, 5.74) is 1.33. The van der Waals surface area contributed by atoms with Crippen molar-refractivity contribution < 1.29 is 9.53 Å². The molecular weight excluding hydrogens is 276 g/mol. The standard InChI is InChI=1S/C18H26N2O2/c21-17(13-19-12-15-6-7-15)20-14-18(8-10-22-11-9-18)16-4-2-1-3-5-16/h1-5,15,19H,6-14H2,(H,20,21). The van der Waals surface area contributed by atoms with Crippen molar-refractivity contribution >= 4 is 5.91 Å². The van der Waals surface area contributed by atoms with Gasteiger partial charge in [0.15, 0.2) is 0 Å². The van der Waals surface area contributed by atoms with Crippen LogP contribution in [0.1, 0.15) is 31.2 Å². The summed E-state index contributed by atoms with van der Waals surface area (Å²) in [6.45, 7) is 3.64. The number of benzene rings is 1. The van der Waals surface area contributed by atoms with E-state index in [9.17, 15) is 4.79 Å². The molecule has 1 saturated heterocycles. The summed E-state index contributed by atoms with van der Waals surface area (Å²) in [5.74, 6) is 0.904. The number of amides is 1. The van der Waals surface area contributed by atoms with Gasteiger partial charge in [-0.15, -0.1) is 0 Å². The molecule has 1 aromatic carbocycles. The molecule has 1 aliphatic heterocycles. The van der Waals surface area contributed by atoms with E-state index in [4.69, 9.17) is 4.74 Å². The van der Waals surface area contributed by atoms with Gasteiger partial charge in [-0.3, -0.25) is 4.79 Å². The maximum Gasteiger partial charge on any atom is 0.233 e. The summed E-state index contributed by atoms with van der Waals surface area (Å²) in [7, 11) is 0. The Bertz CT molecular complexity index is 479. The van der Waals surface area contributed by atoms with E-state index in [1.165, 1.54) is 18.4 Å². The second kappa shape index (κ2) is 7.25. The number of nitrogens with one attached hydrogen (secondary N) is 2. The van der Waals surface area contributed by atoms with Gasteiger partial charge in [0, 0.05) is 25.2 Å². The van der Waals surface area contributed by atoms with Crippen molar-refractivity contribution in [3.05, 3.63) is 35.9 Å². The first kappa shape index (κ1) is 15.5. The molecule has 1 aromatic rings. The molecule has 0 bridgehead atoms. The Hall–Kier alpha value is -1.39. The molecule has 0 unspecified atom stereocenters. The fourth-order valence-corrected chi connectivity index (χ4v) is 3.16. The van der Waals surface area contributed by atoms with Crippen LogP contribution in [0.4, 0.5) is 0 Å². The summed E-state index contributed by atoms with van der Waals surface area (Å²) in [5, 5.41) is 6.38. The van der Waals surface area contributed by atoms with Gasteiger partial charge in [-0.2, -0.15) is 0 Å². The minimum atomic E-state index is 0.0195. The monoisotopic (exact) mass is 302 g/mol. The molecule has 0 spiro atoms. The Morgan fingerprint density at radius 3 is 2.59 bits per heavy atom. The van der Waals surface area contributed by atoms with E-state index >= 15 is 0 Å². The van der Waals surface area contributed by atoms with Crippen LogP contribution in [0, 0.1) is 5.92 Å². The Morgan fingerprint density at radius 1 is 1.18 bits per heavy atom. The van der Waals surface area contributed by atoms with E-state index in [2.05, 4.69) is 34.9 Å². The average Bonchev–Trinajstić information content (AvgIpc) is 3.39. The van der Waals surface area contributed by atoms with Gasteiger partial charge < -0.3 is 15.4 Å². The van der Waals surface area contributed by atoms with Crippen LogP contribution in [0.2, 0.25) is 0 Å². The van der Waals surface area contributed by atoms with E-state index in [0.717, 1.165) is 38.5 Å². The second-order valence-electron chi connectivity index (χ2n) is 6.61. The molecule has 0 radical (unpaired) electrons. The van der Waals surface area contributed by atoms with Crippen LogP contribution in [-0.4, -0.2) is 38.8 Å². The van der Waals surface area contributed by atoms with Gasteiger partial charge in [0.2, 0.25) is 5.91 Å². The molecule has 1 heterocycles. The minimum Gasteiger partial charge on any atom is -0.381 e. The fourth-order valence-electron chi connectivity index (χ4n) is 3.16. The molecule has 1 aliphatic carbocycles. The summed E-state index contributed by atoms with van der Waals surface area (Å²) in [6, 6.07) is 10.5. The van der Waals surface area contributed by atoms with E-state index in [1.54, 1.807) is 0 Å². The van der Waals surface area contributed by atoms with Crippen molar-refractivity contribution in [1.29, 1.82) is 0 Å². The molecule has 1 saturated carbocycles. The van der Waals surface area contributed by atoms with Gasteiger partial charge in [-0.1, -0.05) is 30.3 Å². The van der Waals surface area contributed by atoms with Gasteiger partial charge >= 0.3 is 0 Å². The molecule has 2 aliphatic rings. The zero-order valence-corrected chi connectivity index (χ0v) is 13.1. The largest absolute Gasteiger partial charge is 0.381 e. The molecule has 4 heteroatoms. The first-order valence-electron chi connectivity index (χ1n) is 8.39. The highest BCUT2D eigenvalue weighted by molar-refractivity contribution is 5.78. The number of ether oxygens (including phenoxy) is 1. The van der Waals surface area contributed by atoms with Crippen LogP contribution in [0.5, 0.6) is 0 Å². The van der Waals surface area contributed by atoms with E-state index in [0.29, 0.717) is 13.1 Å². The third-order valence-electron chi connectivity index (χ3n) is 4.88. The highest BCUT2D eigenvalue weighted by atomic mass is 16.5. The van der Waals surface area contributed by atoms with Crippen molar-refractivity contribution in [2.45, 2.75) is 31.1 Å². The normalized spacial score (nSPS) is 20.5. The number of carbonyl (C=O) groups is 1. The number of rotatable bonds is 7. The van der Waals surface area contributed by atoms with Crippen molar-refractivity contribution in [3.63, 3.8) is 0 Å². The number of hydrogen-bond acceptors (Lipinski definition) is 3. The Balaban J connectivity index is 1.54. The number of carbonyl (C=O) groups excluding carboxylic acids is 1. The Kier molecular flexibility index (Phi) is 5.11. The molecule has 0 aromatic heterocycles. The van der Waals surface area contributed by atoms with E-state index in [-0.39, 0.29) is 11.3 Å². The first-order chi connectivity index (χ1) is 10.8. The highest BCUT2D eigenvalue weighted by Crippen LogP contribution is 2.34. The lowest BCUT2D eigenvalue weighted by Gasteiger charge is -2.38. The van der Waals surface area contributed by atoms with Crippen LogP contribution >= 0.6 is 0 Å². The molecule has 1 amide bonds. The van der Waals surface area contributed by atoms with Crippen LogP contribution < -0.4 is 10.6 Å². The van der Waals surface area contributed by atoms with Crippen LogP contribution in [0.15, 0.2) is 30.3 Å². The quantitative estimate of drug-likeness (QED) is 0.808. The molecule has 0 atom stereocenters. The molecule has 120 valence electrons. The number of hydrogen-bond donors (Lipinski definition) is 2. The first-order valence-corrected chi connectivity index (χ1v) is 8.39. The highest BCUT2D eigenvalue weighted by Gasteiger charge is 2.34. The summed E-state index contributed by atoms with van der Waals surface area (Å²) in [4.78, 5) is 12.1. The van der Waals surface area contributed by atoms with Crippen LogP contribution in [0.3, 0.4) is 0 Å². The maximum atomic E-state index is 12.1. The lowest BCUT2D eigenvalue weighted by molar-refractivity contribution is -0.120. The van der Waals surface area contributed by atoms with Gasteiger partial charge in [0.05, 0.1) is 6.54 Å². The average molecular weight is 302 g/mol. The topological polar surface area (TPSA) is 50.4 Å². The van der Waals surface area contributed by atoms with Gasteiger partial charge in [0.25, 0.3) is 0 Å². The van der Waals surface area contributed by atoms with Gasteiger partial charge in [0.1, 0.15) is 0 Å². The predicted octanol–water partition coefficient (Wildman–Crippen LogP) is 1.85. The molecule has 3 rings (SSSR count). The third kappa shape index (κ3) is 4.08. The SMILES string of the molecule is O=C(CNCC1CC1)NCC1(c2ccccc2)CCOCC1. The minimum absolute atomic E-state index is 0.0195. The predicted molar refractivity (Wildman–Crippen MR) is 86.8 cm³/mol. The summed E-state index contributed by atoms with van der Waals surface area (Å²) >= 11 is 0. The molecular formula is C18H26N2O2.